The van der Waals surface area contributed by atoms with Gasteiger partial charge in [-0.25, -0.2) is 0 Å². The summed E-state index contributed by atoms with van der Waals surface area (Å²) in [7, 11) is 6.02. The van der Waals surface area contributed by atoms with Crippen LogP contribution in [0, 0.1) is 5.92 Å². The molecule has 0 aliphatic rings. The number of carbonyl (C=O) groups excluding carboxylic acids is 2. The molecule has 0 saturated carbocycles. The molecule has 0 bridgehead atoms. The van der Waals surface area contributed by atoms with Crippen LogP contribution in [0.1, 0.15) is 27.6 Å². The summed E-state index contributed by atoms with van der Waals surface area (Å²) in [5.41, 5.74) is 0.966. The molecule has 28 heavy (non-hydrogen) atoms. The van der Waals surface area contributed by atoms with Gasteiger partial charge in [-0.05, 0) is 36.4 Å². The highest BCUT2D eigenvalue weighted by molar-refractivity contribution is 6.14. The van der Waals surface area contributed by atoms with Crippen molar-refractivity contribution in [3.05, 3.63) is 59.7 Å². The van der Waals surface area contributed by atoms with Crippen LogP contribution in [-0.2, 0) is 0 Å². The molecule has 2 aromatic carbocycles. The predicted octanol–water partition coefficient (Wildman–Crippen LogP) is 3.98. The Balaban J connectivity index is 2.26. The summed E-state index contributed by atoms with van der Waals surface area (Å²) >= 11 is 0. The van der Waals surface area contributed by atoms with Crippen molar-refractivity contribution in [3.63, 3.8) is 0 Å². The summed E-state index contributed by atoms with van der Waals surface area (Å²) in [6.07, 6.45) is 0. The molecule has 1 atom stereocenters. The van der Waals surface area contributed by atoms with E-state index in [-0.39, 0.29) is 17.1 Å². The Bertz CT molecular complexity index is 900. The Morgan fingerprint density at radius 2 is 1.18 bits per heavy atom. The quantitative estimate of drug-likeness (QED) is 0.481. The third-order valence-electron chi connectivity index (χ3n) is 4.52. The van der Waals surface area contributed by atoms with Gasteiger partial charge in [0, 0.05) is 22.6 Å². The van der Waals surface area contributed by atoms with Crippen molar-refractivity contribution in [1.29, 1.82) is 0 Å². The zero-order chi connectivity index (χ0) is 20.8. The lowest BCUT2D eigenvalue weighted by Gasteiger charge is -2.15. The fourth-order valence-electron chi connectivity index (χ4n) is 2.76. The van der Waals surface area contributed by atoms with Crippen LogP contribution in [-0.4, -0.2) is 40.0 Å². The number of benzene rings is 2. The lowest BCUT2D eigenvalue weighted by Crippen LogP contribution is -2.19. The minimum absolute atomic E-state index is 0.187. The van der Waals surface area contributed by atoms with Crippen molar-refractivity contribution >= 4 is 11.6 Å². The topological polar surface area (TPSA) is 71.1 Å². The first-order valence-electron chi connectivity index (χ1n) is 8.59. The molecule has 0 spiro atoms. The summed E-state index contributed by atoms with van der Waals surface area (Å²) in [5, 5.41) is 0. The zero-order valence-electron chi connectivity index (χ0n) is 16.7. The number of hydrogen-bond acceptors (Lipinski definition) is 6. The van der Waals surface area contributed by atoms with Gasteiger partial charge >= 0.3 is 0 Å². The second-order valence-corrected chi connectivity index (χ2v) is 6.08. The zero-order valence-corrected chi connectivity index (χ0v) is 16.7. The fourth-order valence-corrected chi connectivity index (χ4v) is 2.76. The molecule has 1 unspecified atom stereocenters. The predicted molar refractivity (Wildman–Crippen MR) is 106 cm³/mol. The van der Waals surface area contributed by atoms with Gasteiger partial charge in [-0.2, -0.15) is 0 Å². The van der Waals surface area contributed by atoms with Gasteiger partial charge in [0.15, 0.2) is 34.6 Å². The lowest BCUT2D eigenvalue weighted by atomic mass is 9.88. The third-order valence-corrected chi connectivity index (χ3v) is 4.52. The number of carbonyl (C=O) groups is 2. The molecule has 0 radical (unpaired) electrons. The largest absolute Gasteiger partial charge is 0.493 e. The van der Waals surface area contributed by atoms with E-state index in [4.69, 9.17) is 18.9 Å². The highest BCUT2D eigenvalue weighted by Crippen LogP contribution is 2.31. The van der Waals surface area contributed by atoms with E-state index in [1.54, 1.807) is 43.3 Å². The maximum atomic E-state index is 12.9. The van der Waals surface area contributed by atoms with Crippen LogP contribution in [0.2, 0.25) is 0 Å². The van der Waals surface area contributed by atoms with Crippen LogP contribution in [0.25, 0.3) is 0 Å². The molecular formula is C22H24O6. The lowest BCUT2D eigenvalue weighted by molar-refractivity contribution is 0.0915. The van der Waals surface area contributed by atoms with Gasteiger partial charge in [0.25, 0.3) is 0 Å². The van der Waals surface area contributed by atoms with Gasteiger partial charge < -0.3 is 18.9 Å². The van der Waals surface area contributed by atoms with Crippen LogP contribution in [0.5, 0.6) is 23.0 Å². The Labute approximate surface area is 164 Å². The van der Waals surface area contributed by atoms with Crippen LogP contribution < -0.4 is 18.9 Å². The van der Waals surface area contributed by atoms with Crippen LogP contribution in [0.15, 0.2) is 48.6 Å². The highest BCUT2D eigenvalue weighted by Gasteiger charge is 2.25. The number of methoxy groups -OCH3 is 4. The van der Waals surface area contributed by atoms with E-state index in [1.807, 2.05) is 0 Å². The number of Topliss-reactive ketones (excluding diaryl/α,β-unsaturated/α-hetero) is 2. The average Bonchev–Trinajstić information content (AvgIpc) is 2.75. The van der Waals surface area contributed by atoms with Gasteiger partial charge in [-0.3, -0.25) is 9.59 Å². The first kappa shape index (κ1) is 21.0. The maximum absolute atomic E-state index is 12.9. The van der Waals surface area contributed by atoms with E-state index >= 15 is 0 Å². The van der Waals surface area contributed by atoms with Crippen molar-refractivity contribution in [1.82, 2.24) is 0 Å². The molecular weight excluding hydrogens is 360 g/mol. The van der Waals surface area contributed by atoms with Crippen molar-refractivity contribution in [2.24, 2.45) is 5.92 Å². The van der Waals surface area contributed by atoms with Crippen LogP contribution >= 0.6 is 0 Å². The molecule has 0 amide bonds. The van der Waals surface area contributed by atoms with Crippen molar-refractivity contribution < 1.29 is 28.5 Å². The second-order valence-electron chi connectivity index (χ2n) is 6.08. The SMILES string of the molecule is C=C(C(=O)c1ccc(OC)c(OC)c1)C(C)C(=O)c1ccc(OC)c(OC)c1. The number of ether oxygens (including phenoxy) is 4. The van der Waals surface area contributed by atoms with E-state index in [2.05, 4.69) is 6.58 Å². The van der Waals surface area contributed by atoms with E-state index in [1.165, 1.54) is 28.4 Å². The Morgan fingerprint density at radius 1 is 0.750 bits per heavy atom. The van der Waals surface area contributed by atoms with Gasteiger partial charge in [0.2, 0.25) is 0 Å². The first-order valence-corrected chi connectivity index (χ1v) is 8.59. The van der Waals surface area contributed by atoms with E-state index in [9.17, 15) is 9.59 Å². The smallest absolute Gasteiger partial charge is 0.189 e. The monoisotopic (exact) mass is 384 g/mol. The molecule has 148 valence electrons. The van der Waals surface area contributed by atoms with Crippen LogP contribution in [0.3, 0.4) is 0 Å². The normalized spacial score (nSPS) is 11.3. The van der Waals surface area contributed by atoms with Crippen molar-refractivity contribution in [2.75, 3.05) is 28.4 Å². The molecule has 6 heteroatoms. The van der Waals surface area contributed by atoms with E-state index in [0.29, 0.717) is 34.1 Å². The van der Waals surface area contributed by atoms with Gasteiger partial charge in [-0.1, -0.05) is 13.5 Å². The third kappa shape index (κ3) is 4.17. The standard InChI is InChI=1S/C22H24O6/c1-13(21(23)15-7-9-17(25-3)19(11-15)27-5)14(2)22(24)16-8-10-18(26-4)20(12-16)28-6/h7-12,14H,1H2,2-6H3. The molecule has 0 saturated heterocycles. The summed E-state index contributed by atoms with van der Waals surface area (Å²) in [6, 6.07) is 9.69. The Hall–Kier alpha value is -3.28. The minimum Gasteiger partial charge on any atom is -0.493 e. The van der Waals surface area contributed by atoms with Gasteiger partial charge in [-0.15, -0.1) is 0 Å². The first-order chi connectivity index (χ1) is 13.4. The van der Waals surface area contributed by atoms with Crippen molar-refractivity contribution in [3.8, 4) is 23.0 Å². The molecule has 0 aliphatic carbocycles. The maximum Gasteiger partial charge on any atom is 0.189 e. The van der Waals surface area contributed by atoms with Gasteiger partial charge in [0.1, 0.15) is 0 Å². The molecule has 0 heterocycles. The summed E-state index contributed by atoms with van der Waals surface area (Å²) < 4.78 is 20.8. The molecule has 0 N–H and O–H groups in total. The summed E-state index contributed by atoms with van der Waals surface area (Å²) in [5.74, 6) is 0.629. The van der Waals surface area contributed by atoms with Crippen LogP contribution in [0.4, 0.5) is 0 Å². The number of hydrogen-bond donors (Lipinski definition) is 0. The molecule has 0 aliphatic heterocycles. The molecule has 2 aromatic rings. The highest BCUT2D eigenvalue weighted by atomic mass is 16.5. The number of ketones is 2. The molecule has 0 fully saturated rings. The molecule has 2 rings (SSSR count). The second kappa shape index (κ2) is 9.08. The number of rotatable bonds is 9. The summed E-state index contributed by atoms with van der Waals surface area (Å²) in [6.45, 7) is 5.51. The van der Waals surface area contributed by atoms with E-state index in [0.717, 1.165) is 0 Å². The number of allylic oxidation sites excluding steroid dienone is 1. The minimum atomic E-state index is -0.710. The fraction of sp³-hybridized carbons (Fsp3) is 0.273. The molecule has 6 nitrogen and oxygen atoms in total. The Kier molecular flexibility index (Phi) is 6.82. The van der Waals surface area contributed by atoms with E-state index < -0.39 is 5.92 Å². The molecule has 0 aromatic heterocycles. The average molecular weight is 384 g/mol. The Morgan fingerprint density at radius 3 is 1.64 bits per heavy atom. The van der Waals surface area contributed by atoms with Crippen molar-refractivity contribution in [2.45, 2.75) is 6.92 Å². The van der Waals surface area contributed by atoms with Gasteiger partial charge in [0.05, 0.1) is 28.4 Å². The summed E-state index contributed by atoms with van der Waals surface area (Å²) in [4.78, 5) is 25.7.